The molecule has 0 unspecified atom stereocenters. The van der Waals surface area contributed by atoms with Crippen LogP contribution in [0.15, 0.2) is 48.8 Å². The zero-order valence-corrected chi connectivity index (χ0v) is 18.4. The summed E-state index contributed by atoms with van der Waals surface area (Å²) in [5.41, 5.74) is 11.8. The van der Waals surface area contributed by atoms with Gasteiger partial charge in [-0.3, -0.25) is 9.78 Å². The maximum atomic E-state index is 11.7. The molecule has 2 aromatic carbocycles. The molecule has 2 heterocycles. The van der Waals surface area contributed by atoms with Crippen molar-refractivity contribution in [1.82, 2.24) is 10.3 Å². The first-order valence-corrected chi connectivity index (χ1v) is 10.6. The van der Waals surface area contributed by atoms with E-state index < -0.39 is 5.91 Å². The highest BCUT2D eigenvalue weighted by Gasteiger charge is 2.18. The number of benzene rings is 2. The fraction of sp³-hybridized carbons (Fsp3) is 0.250. The number of methoxy groups -OCH3 is 1. The lowest BCUT2D eigenvalue weighted by Gasteiger charge is -2.29. The van der Waals surface area contributed by atoms with E-state index in [1.807, 2.05) is 6.20 Å². The SMILES string of the molecule is COc1cc(-c2cncc(-c3ccc(N4CCNCC4)cc3)c2C)cc(Cl)c1C(N)=O. The number of hydrogen-bond donors (Lipinski definition) is 2. The molecule has 0 atom stereocenters. The third-order valence-electron chi connectivity index (χ3n) is 5.71. The molecule has 1 amide bonds. The lowest BCUT2D eigenvalue weighted by Crippen LogP contribution is -2.43. The van der Waals surface area contributed by atoms with Crippen LogP contribution >= 0.6 is 11.6 Å². The molecule has 160 valence electrons. The second-order valence-corrected chi connectivity index (χ2v) is 7.95. The number of primary amides is 1. The van der Waals surface area contributed by atoms with E-state index in [1.54, 1.807) is 18.3 Å². The highest BCUT2D eigenvalue weighted by atomic mass is 35.5. The van der Waals surface area contributed by atoms with Crippen LogP contribution in [0.4, 0.5) is 5.69 Å². The standard InChI is InChI=1S/C24H25ClN4O2/c1-15-19(16-3-5-18(6-4-16)29-9-7-27-8-10-29)13-28-14-20(15)17-11-21(25)23(24(26)30)22(12-17)31-2/h3-6,11-14,27H,7-10H2,1-2H3,(H2,26,30). The lowest BCUT2D eigenvalue weighted by molar-refractivity contribution is 0.0997. The van der Waals surface area contributed by atoms with Crippen molar-refractivity contribution in [2.24, 2.45) is 5.73 Å². The minimum atomic E-state index is -0.624. The number of hydrogen-bond acceptors (Lipinski definition) is 5. The van der Waals surface area contributed by atoms with Crippen molar-refractivity contribution in [3.05, 3.63) is 64.9 Å². The highest BCUT2D eigenvalue weighted by molar-refractivity contribution is 6.34. The van der Waals surface area contributed by atoms with Gasteiger partial charge in [-0.2, -0.15) is 0 Å². The summed E-state index contributed by atoms with van der Waals surface area (Å²) >= 11 is 6.35. The van der Waals surface area contributed by atoms with Crippen molar-refractivity contribution in [3.8, 4) is 28.0 Å². The van der Waals surface area contributed by atoms with E-state index in [4.69, 9.17) is 22.1 Å². The number of aromatic nitrogens is 1. The zero-order chi connectivity index (χ0) is 22.0. The summed E-state index contributed by atoms with van der Waals surface area (Å²) in [6.07, 6.45) is 3.66. The van der Waals surface area contributed by atoms with Crippen LogP contribution in [-0.2, 0) is 0 Å². The van der Waals surface area contributed by atoms with Crippen molar-refractivity contribution in [2.45, 2.75) is 6.92 Å². The fourth-order valence-electron chi connectivity index (χ4n) is 4.02. The number of anilines is 1. The zero-order valence-electron chi connectivity index (χ0n) is 17.6. The summed E-state index contributed by atoms with van der Waals surface area (Å²) in [5, 5.41) is 3.64. The minimum absolute atomic E-state index is 0.179. The number of nitrogens with two attached hydrogens (primary N) is 1. The van der Waals surface area contributed by atoms with Gasteiger partial charge in [0.05, 0.1) is 17.7 Å². The number of pyridine rings is 1. The third-order valence-corrected chi connectivity index (χ3v) is 6.01. The number of nitrogens with one attached hydrogen (secondary N) is 1. The Kier molecular flexibility index (Phi) is 6.11. The number of carbonyl (C=O) groups excluding carboxylic acids is 1. The molecule has 3 aromatic rings. The Hall–Kier alpha value is -3.09. The maximum absolute atomic E-state index is 11.7. The summed E-state index contributed by atoms with van der Waals surface area (Å²) in [6, 6.07) is 12.1. The van der Waals surface area contributed by atoms with Gasteiger partial charge < -0.3 is 20.7 Å². The molecule has 7 heteroatoms. The van der Waals surface area contributed by atoms with Gasteiger partial charge in [-0.05, 0) is 47.9 Å². The molecule has 1 fully saturated rings. The average molecular weight is 437 g/mol. The normalized spacial score (nSPS) is 13.8. The first-order valence-electron chi connectivity index (χ1n) is 10.2. The summed E-state index contributed by atoms with van der Waals surface area (Å²) in [4.78, 5) is 18.6. The van der Waals surface area contributed by atoms with E-state index >= 15 is 0 Å². The van der Waals surface area contributed by atoms with Crippen molar-refractivity contribution in [1.29, 1.82) is 0 Å². The molecule has 1 aliphatic heterocycles. The van der Waals surface area contributed by atoms with Crippen LogP contribution < -0.4 is 20.7 Å². The molecule has 31 heavy (non-hydrogen) atoms. The van der Waals surface area contributed by atoms with Crippen molar-refractivity contribution < 1.29 is 9.53 Å². The Morgan fingerprint density at radius 2 is 1.74 bits per heavy atom. The Morgan fingerprint density at radius 1 is 1.10 bits per heavy atom. The number of rotatable bonds is 5. The monoisotopic (exact) mass is 436 g/mol. The van der Waals surface area contributed by atoms with E-state index in [-0.39, 0.29) is 10.6 Å². The van der Waals surface area contributed by atoms with Crippen LogP contribution in [0.25, 0.3) is 22.3 Å². The Bertz CT molecular complexity index is 1110. The van der Waals surface area contributed by atoms with Gasteiger partial charge in [-0.1, -0.05) is 23.7 Å². The number of piperazine rings is 1. The number of halogens is 1. The number of nitrogens with zero attached hydrogens (tertiary/aromatic N) is 2. The van der Waals surface area contributed by atoms with Crippen LogP contribution in [0.5, 0.6) is 5.75 Å². The first kappa shape index (κ1) is 21.2. The quantitative estimate of drug-likeness (QED) is 0.634. The molecule has 1 aromatic heterocycles. The van der Waals surface area contributed by atoms with E-state index in [2.05, 4.69) is 46.4 Å². The second kappa shape index (κ2) is 8.96. The highest BCUT2D eigenvalue weighted by Crippen LogP contribution is 2.37. The lowest BCUT2D eigenvalue weighted by atomic mass is 9.94. The average Bonchev–Trinajstić information content (AvgIpc) is 2.79. The number of ether oxygens (including phenoxy) is 1. The van der Waals surface area contributed by atoms with Gasteiger partial charge in [0.2, 0.25) is 0 Å². The van der Waals surface area contributed by atoms with E-state index in [1.165, 1.54) is 12.8 Å². The Balaban J connectivity index is 1.71. The largest absolute Gasteiger partial charge is 0.496 e. The fourth-order valence-corrected chi connectivity index (χ4v) is 4.32. The predicted molar refractivity (Wildman–Crippen MR) is 125 cm³/mol. The van der Waals surface area contributed by atoms with Gasteiger partial charge in [0.25, 0.3) is 5.91 Å². The van der Waals surface area contributed by atoms with E-state index in [9.17, 15) is 4.79 Å². The summed E-state index contributed by atoms with van der Waals surface area (Å²) in [5.74, 6) is -0.276. The molecular weight excluding hydrogens is 412 g/mol. The Labute approximate surface area is 187 Å². The minimum Gasteiger partial charge on any atom is -0.496 e. The topological polar surface area (TPSA) is 80.5 Å². The summed E-state index contributed by atoms with van der Waals surface area (Å²) < 4.78 is 5.36. The summed E-state index contributed by atoms with van der Waals surface area (Å²) in [6.45, 7) is 6.10. The smallest absolute Gasteiger partial charge is 0.253 e. The van der Waals surface area contributed by atoms with Crippen molar-refractivity contribution in [3.63, 3.8) is 0 Å². The molecule has 6 nitrogen and oxygen atoms in total. The van der Waals surface area contributed by atoms with Crippen LogP contribution in [0.2, 0.25) is 5.02 Å². The second-order valence-electron chi connectivity index (χ2n) is 7.54. The van der Waals surface area contributed by atoms with Gasteiger partial charge in [-0.25, -0.2) is 0 Å². The van der Waals surface area contributed by atoms with E-state index in [0.29, 0.717) is 5.75 Å². The van der Waals surface area contributed by atoms with Gasteiger partial charge in [0.1, 0.15) is 5.75 Å². The molecule has 0 saturated carbocycles. The van der Waals surface area contributed by atoms with Crippen molar-refractivity contribution >= 4 is 23.2 Å². The molecule has 1 saturated heterocycles. The van der Waals surface area contributed by atoms with Gasteiger partial charge in [-0.15, -0.1) is 0 Å². The van der Waals surface area contributed by atoms with E-state index in [0.717, 1.165) is 54.0 Å². The van der Waals surface area contributed by atoms with Crippen molar-refractivity contribution in [2.75, 3.05) is 38.2 Å². The predicted octanol–water partition coefficient (Wildman–Crippen LogP) is 3.89. The van der Waals surface area contributed by atoms with Crippen LogP contribution in [-0.4, -0.2) is 44.2 Å². The van der Waals surface area contributed by atoms with Crippen LogP contribution in [0.3, 0.4) is 0 Å². The maximum Gasteiger partial charge on any atom is 0.253 e. The van der Waals surface area contributed by atoms with Crippen LogP contribution in [0, 0.1) is 6.92 Å². The molecule has 0 aliphatic carbocycles. The third kappa shape index (κ3) is 4.22. The summed E-state index contributed by atoms with van der Waals surface area (Å²) in [7, 11) is 1.49. The molecule has 3 N–H and O–H groups in total. The number of amides is 1. The molecule has 4 rings (SSSR count). The van der Waals surface area contributed by atoms with Crippen LogP contribution in [0.1, 0.15) is 15.9 Å². The van der Waals surface area contributed by atoms with Gasteiger partial charge in [0.15, 0.2) is 0 Å². The number of carbonyl (C=O) groups is 1. The molecule has 0 radical (unpaired) electrons. The van der Waals surface area contributed by atoms with Gasteiger partial charge >= 0.3 is 0 Å². The molecule has 0 spiro atoms. The molecular formula is C24H25ClN4O2. The Morgan fingerprint density at radius 3 is 2.35 bits per heavy atom. The van der Waals surface area contributed by atoms with Gasteiger partial charge in [0, 0.05) is 55.4 Å². The molecule has 0 bridgehead atoms. The first-order chi connectivity index (χ1) is 15.0. The molecule has 1 aliphatic rings.